The van der Waals surface area contributed by atoms with Gasteiger partial charge in [0.2, 0.25) is 0 Å². The molecule has 0 aliphatic carbocycles. The molecule has 0 N–H and O–H groups in total. The van der Waals surface area contributed by atoms with Gasteiger partial charge in [-0.25, -0.2) is 0 Å². The fraction of sp³-hybridized carbons (Fsp3) is 0.316. The molecule has 0 aliphatic heterocycles. The second-order valence-electron chi connectivity index (χ2n) is 6.04. The van der Waals surface area contributed by atoms with Crippen LogP contribution in [0.25, 0.3) is 11.4 Å². The number of ether oxygens (including phenoxy) is 1. The Morgan fingerprint density at radius 1 is 1.11 bits per heavy atom. The van der Waals surface area contributed by atoms with Crippen molar-refractivity contribution in [2.45, 2.75) is 24.2 Å². The first kappa shape index (κ1) is 20.2. The molecule has 28 heavy (non-hydrogen) atoms. The molecule has 2 heterocycles. The van der Waals surface area contributed by atoms with Crippen molar-refractivity contribution in [1.82, 2.24) is 19.7 Å². The second-order valence-corrected chi connectivity index (χ2v) is 7.10. The first-order chi connectivity index (χ1) is 13.4. The highest BCUT2D eigenvalue weighted by Crippen LogP contribution is 2.31. The van der Waals surface area contributed by atoms with Crippen LogP contribution in [0.4, 0.5) is 13.2 Å². The Balaban J connectivity index is 1.42. The SMILES string of the molecule is Cn1c(SCCCCOc2cccc(C(F)(F)F)c2)nnc1-c1cccnc1. The molecule has 1 aromatic carbocycles. The zero-order chi connectivity index (χ0) is 20.0. The minimum Gasteiger partial charge on any atom is -0.494 e. The Labute approximate surface area is 165 Å². The number of nitrogens with zero attached hydrogens (tertiary/aromatic N) is 4. The molecule has 9 heteroatoms. The molecule has 148 valence electrons. The first-order valence-corrected chi connectivity index (χ1v) is 9.66. The Kier molecular flexibility index (Phi) is 6.56. The molecular weight excluding hydrogens is 389 g/mol. The van der Waals surface area contributed by atoms with Crippen molar-refractivity contribution in [3.63, 3.8) is 0 Å². The number of rotatable bonds is 8. The van der Waals surface area contributed by atoms with E-state index >= 15 is 0 Å². The highest BCUT2D eigenvalue weighted by atomic mass is 32.2. The first-order valence-electron chi connectivity index (χ1n) is 8.68. The average Bonchev–Trinajstić information content (AvgIpc) is 3.05. The summed E-state index contributed by atoms with van der Waals surface area (Å²) < 4.78 is 45.4. The van der Waals surface area contributed by atoms with Crippen LogP contribution in [0.15, 0.2) is 53.9 Å². The number of unbranched alkanes of at least 4 members (excludes halogenated alkanes) is 1. The molecule has 0 aliphatic rings. The summed E-state index contributed by atoms with van der Waals surface area (Å²) in [4.78, 5) is 4.09. The molecule has 0 saturated heterocycles. The lowest BCUT2D eigenvalue weighted by Gasteiger charge is -2.10. The third-order valence-corrected chi connectivity index (χ3v) is 5.06. The maximum absolute atomic E-state index is 12.7. The lowest BCUT2D eigenvalue weighted by Crippen LogP contribution is -2.05. The van der Waals surface area contributed by atoms with Gasteiger partial charge in [0.25, 0.3) is 0 Å². The number of halogens is 3. The summed E-state index contributed by atoms with van der Waals surface area (Å²) in [5.74, 6) is 1.80. The van der Waals surface area contributed by atoms with Crippen molar-refractivity contribution in [2.24, 2.45) is 7.05 Å². The molecule has 0 saturated carbocycles. The van der Waals surface area contributed by atoms with Gasteiger partial charge in [-0.1, -0.05) is 17.8 Å². The van der Waals surface area contributed by atoms with E-state index in [0.29, 0.717) is 6.61 Å². The largest absolute Gasteiger partial charge is 0.494 e. The third-order valence-electron chi connectivity index (χ3n) is 3.95. The van der Waals surface area contributed by atoms with Crippen LogP contribution < -0.4 is 4.74 Å². The van der Waals surface area contributed by atoms with Gasteiger partial charge in [-0.05, 0) is 43.2 Å². The summed E-state index contributed by atoms with van der Waals surface area (Å²) in [7, 11) is 1.90. The molecule has 2 aromatic heterocycles. The third kappa shape index (κ3) is 5.25. The van der Waals surface area contributed by atoms with E-state index in [1.165, 1.54) is 12.1 Å². The molecule has 3 rings (SSSR count). The van der Waals surface area contributed by atoms with Crippen LogP contribution in [-0.2, 0) is 13.2 Å². The van der Waals surface area contributed by atoms with Gasteiger partial charge in [-0.2, -0.15) is 13.2 Å². The lowest BCUT2D eigenvalue weighted by molar-refractivity contribution is -0.137. The predicted octanol–water partition coefficient (Wildman–Crippen LogP) is 4.85. The van der Waals surface area contributed by atoms with Gasteiger partial charge >= 0.3 is 6.18 Å². The van der Waals surface area contributed by atoms with E-state index in [0.717, 1.165) is 47.3 Å². The van der Waals surface area contributed by atoms with E-state index in [2.05, 4.69) is 15.2 Å². The number of benzene rings is 1. The van der Waals surface area contributed by atoms with Crippen molar-refractivity contribution in [3.8, 4) is 17.1 Å². The summed E-state index contributed by atoms with van der Waals surface area (Å²) in [6, 6.07) is 8.71. The van der Waals surface area contributed by atoms with Crippen LogP contribution in [-0.4, -0.2) is 32.1 Å². The van der Waals surface area contributed by atoms with E-state index < -0.39 is 11.7 Å². The predicted molar refractivity (Wildman–Crippen MR) is 101 cm³/mol. The molecule has 0 fully saturated rings. The summed E-state index contributed by atoms with van der Waals surface area (Å²) in [6.45, 7) is 0.363. The van der Waals surface area contributed by atoms with Crippen LogP contribution in [0.3, 0.4) is 0 Å². The Bertz CT molecular complexity index is 900. The summed E-state index contributed by atoms with van der Waals surface area (Å²) in [5.41, 5.74) is 0.200. The van der Waals surface area contributed by atoms with Crippen LogP contribution >= 0.6 is 11.8 Å². The number of hydrogen-bond acceptors (Lipinski definition) is 5. The van der Waals surface area contributed by atoms with Crippen LogP contribution in [0, 0.1) is 0 Å². The molecular formula is C19H19F3N4OS. The second kappa shape index (κ2) is 9.09. The maximum atomic E-state index is 12.7. The topological polar surface area (TPSA) is 52.8 Å². The number of hydrogen-bond donors (Lipinski definition) is 0. The minimum atomic E-state index is -4.36. The van der Waals surface area contributed by atoms with Gasteiger partial charge in [-0.3, -0.25) is 4.98 Å². The molecule has 0 amide bonds. The number of thioether (sulfide) groups is 1. The average molecular weight is 408 g/mol. The fourth-order valence-corrected chi connectivity index (χ4v) is 3.42. The zero-order valence-corrected chi connectivity index (χ0v) is 16.0. The Hall–Kier alpha value is -2.55. The fourth-order valence-electron chi connectivity index (χ4n) is 2.51. The molecule has 3 aromatic rings. The number of alkyl halides is 3. The maximum Gasteiger partial charge on any atom is 0.416 e. The highest BCUT2D eigenvalue weighted by molar-refractivity contribution is 7.99. The number of aromatic nitrogens is 4. The van der Waals surface area contributed by atoms with E-state index in [1.54, 1.807) is 24.2 Å². The van der Waals surface area contributed by atoms with Crippen molar-refractivity contribution in [2.75, 3.05) is 12.4 Å². The lowest BCUT2D eigenvalue weighted by atomic mass is 10.2. The van der Waals surface area contributed by atoms with E-state index in [-0.39, 0.29) is 5.75 Å². The van der Waals surface area contributed by atoms with Crippen LogP contribution in [0.5, 0.6) is 5.75 Å². The molecule has 0 bridgehead atoms. The quantitative estimate of drug-likeness (QED) is 0.394. The van der Waals surface area contributed by atoms with Crippen molar-refractivity contribution < 1.29 is 17.9 Å². The van der Waals surface area contributed by atoms with Crippen molar-refractivity contribution in [1.29, 1.82) is 0 Å². The van der Waals surface area contributed by atoms with Gasteiger partial charge in [-0.15, -0.1) is 10.2 Å². The minimum absolute atomic E-state index is 0.233. The monoisotopic (exact) mass is 408 g/mol. The summed E-state index contributed by atoms with van der Waals surface area (Å²) >= 11 is 1.58. The van der Waals surface area contributed by atoms with Gasteiger partial charge < -0.3 is 9.30 Å². The standard InChI is InChI=1S/C19H19F3N4OS/c1-26-17(14-6-5-9-23-13-14)24-25-18(26)28-11-3-2-10-27-16-8-4-7-15(12-16)19(20,21)22/h4-9,12-13H,2-3,10-11H2,1H3. The molecule has 0 radical (unpaired) electrons. The Morgan fingerprint density at radius 2 is 1.96 bits per heavy atom. The highest BCUT2D eigenvalue weighted by Gasteiger charge is 2.30. The van der Waals surface area contributed by atoms with Crippen molar-refractivity contribution >= 4 is 11.8 Å². The zero-order valence-electron chi connectivity index (χ0n) is 15.2. The Morgan fingerprint density at radius 3 is 2.71 bits per heavy atom. The smallest absolute Gasteiger partial charge is 0.416 e. The van der Waals surface area contributed by atoms with Gasteiger partial charge in [0.1, 0.15) is 5.75 Å². The van der Waals surface area contributed by atoms with Gasteiger partial charge in [0, 0.05) is 30.8 Å². The van der Waals surface area contributed by atoms with E-state index in [4.69, 9.17) is 4.74 Å². The van der Waals surface area contributed by atoms with Crippen LogP contribution in [0.1, 0.15) is 18.4 Å². The normalized spacial score (nSPS) is 11.6. The summed E-state index contributed by atoms with van der Waals surface area (Å²) in [5, 5.41) is 9.21. The van der Waals surface area contributed by atoms with E-state index in [9.17, 15) is 13.2 Å². The molecule has 0 unspecified atom stereocenters. The molecule has 0 atom stereocenters. The van der Waals surface area contributed by atoms with Gasteiger partial charge in [0.05, 0.1) is 12.2 Å². The summed E-state index contributed by atoms with van der Waals surface area (Å²) in [6.07, 6.45) is 0.663. The van der Waals surface area contributed by atoms with E-state index in [1.807, 2.05) is 23.7 Å². The number of pyridine rings is 1. The van der Waals surface area contributed by atoms with Gasteiger partial charge in [0.15, 0.2) is 11.0 Å². The van der Waals surface area contributed by atoms with Crippen molar-refractivity contribution in [3.05, 3.63) is 54.4 Å². The molecule has 5 nitrogen and oxygen atoms in total. The van der Waals surface area contributed by atoms with Crippen LogP contribution in [0.2, 0.25) is 0 Å². The molecule has 0 spiro atoms.